The van der Waals surface area contributed by atoms with Gasteiger partial charge in [0.2, 0.25) is 0 Å². The smallest absolute Gasteiger partial charge is 0.255 e. The van der Waals surface area contributed by atoms with Crippen molar-refractivity contribution in [1.82, 2.24) is 9.97 Å². The Morgan fingerprint density at radius 2 is 2.11 bits per heavy atom. The minimum atomic E-state index is -0.252. The van der Waals surface area contributed by atoms with E-state index in [0.717, 1.165) is 0 Å². The number of rotatable bonds is 4. The maximum absolute atomic E-state index is 11.8. The zero-order valence-electron chi connectivity index (χ0n) is 10.8. The molecule has 0 bridgehead atoms. The molecule has 6 nitrogen and oxygen atoms in total. The fourth-order valence-electron chi connectivity index (χ4n) is 1.70. The molecule has 0 fully saturated rings. The standard InChI is InChI=1S/C13H15N3O3/c1-18-9-3-4-11(19-2)10(5-9)12-15-7-8(6-14)13(17)16-12/h3-5,7H,6,14H2,1-2H3,(H,15,16,17). The number of hydrogen-bond donors (Lipinski definition) is 2. The molecular formula is C13H15N3O3. The van der Waals surface area contributed by atoms with E-state index in [4.69, 9.17) is 15.2 Å². The van der Waals surface area contributed by atoms with Crippen LogP contribution in [0.4, 0.5) is 0 Å². The van der Waals surface area contributed by atoms with Crippen LogP contribution in [-0.2, 0) is 6.54 Å². The molecule has 19 heavy (non-hydrogen) atoms. The van der Waals surface area contributed by atoms with Crippen molar-refractivity contribution in [3.63, 3.8) is 0 Å². The normalized spacial score (nSPS) is 10.3. The monoisotopic (exact) mass is 261 g/mol. The predicted molar refractivity (Wildman–Crippen MR) is 71.3 cm³/mol. The first-order chi connectivity index (χ1) is 9.19. The third kappa shape index (κ3) is 2.58. The predicted octanol–water partition coefficient (Wildman–Crippen LogP) is 0.913. The van der Waals surface area contributed by atoms with Gasteiger partial charge in [0, 0.05) is 18.3 Å². The number of aromatic amines is 1. The minimum Gasteiger partial charge on any atom is -0.497 e. The molecule has 0 aliphatic rings. The molecule has 1 aromatic heterocycles. The van der Waals surface area contributed by atoms with E-state index in [9.17, 15) is 4.79 Å². The van der Waals surface area contributed by atoms with Crippen LogP contribution in [0.25, 0.3) is 11.4 Å². The molecule has 100 valence electrons. The first-order valence-corrected chi connectivity index (χ1v) is 5.70. The molecular weight excluding hydrogens is 246 g/mol. The van der Waals surface area contributed by atoms with Gasteiger partial charge in [0.15, 0.2) is 0 Å². The van der Waals surface area contributed by atoms with Crippen molar-refractivity contribution < 1.29 is 9.47 Å². The maximum atomic E-state index is 11.8. The summed E-state index contributed by atoms with van der Waals surface area (Å²) in [6.07, 6.45) is 1.47. The van der Waals surface area contributed by atoms with E-state index in [-0.39, 0.29) is 12.1 Å². The lowest BCUT2D eigenvalue weighted by Gasteiger charge is -2.10. The van der Waals surface area contributed by atoms with Gasteiger partial charge in [-0.15, -0.1) is 0 Å². The molecule has 3 N–H and O–H groups in total. The molecule has 0 aliphatic carbocycles. The maximum Gasteiger partial charge on any atom is 0.255 e. The Morgan fingerprint density at radius 3 is 2.68 bits per heavy atom. The van der Waals surface area contributed by atoms with Crippen molar-refractivity contribution in [1.29, 1.82) is 0 Å². The third-order valence-corrected chi connectivity index (χ3v) is 2.75. The van der Waals surface area contributed by atoms with Crippen LogP contribution in [0.15, 0.2) is 29.2 Å². The van der Waals surface area contributed by atoms with Gasteiger partial charge in [0.05, 0.1) is 19.8 Å². The summed E-state index contributed by atoms with van der Waals surface area (Å²) in [5.41, 5.74) is 6.27. The van der Waals surface area contributed by atoms with Crippen molar-refractivity contribution in [3.05, 3.63) is 40.3 Å². The van der Waals surface area contributed by atoms with Crippen molar-refractivity contribution in [3.8, 4) is 22.9 Å². The van der Waals surface area contributed by atoms with Gasteiger partial charge in [0.1, 0.15) is 17.3 Å². The van der Waals surface area contributed by atoms with Crippen LogP contribution >= 0.6 is 0 Å². The Morgan fingerprint density at radius 1 is 1.32 bits per heavy atom. The van der Waals surface area contributed by atoms with E-state index in [1.54, 1.807) is 32.4 Å². The molecule has 0 unspecified atom stereocenters. The van der Waals surface area contributed by atoms with Crippen LogP contribution in [0.2, 0.25) is 0 Å². The number of hydrogen-bond acceptors (Lipinski definition) is 5. The highest BCUT2D eigenvalue weighted by molar-refractivity contribution is 5.66. The van der Waals surface area contributed by atoms with E-state index < -0.39 is 0 Å². The summed E-state index contributed by atoms with van der Waals surface area (Å²) in [6, 6.07) is 5.28. The van der Waals surface area contributed by atoms with Gasteiger partial charge in [-0.05, 0) is 18.2 Å². The molecule has 2 rings (SSSR count). The molecule has 0 aliphatic heterocycles. The summed E-state index contributed by atoms with van der Waals surface area (Å²) < 4.78 is 10.4. The van der Waals surface area contributed by atoms with Gasteiger partial charge in [-0.1, -0.05) is 0 Å². The van der Waals surface area contributed by atoms with Crippen LogP contribution in [0, 0.1) is 0 Å². The number of benzene rings is 1. The molecule has 2 aromatic rings. The fourth-order valence-corrected chi connectivity index (χ4v) is 1.70. The highest BCUT2D eigenvalue weighted by atomic mass is 16.5. The molecule has 0 radical (unpaired) electrons. The molecule has 0 saturated heterocycles. The lowest BCUT2D eigenvalue weighted by atomic mass is 10.1. The summed E-state index contributed by atoms with van der Waals surface area (Å²) >= 11 is 0. The van der Waals surface area contributed by atoms with Crippen molar-refractivity contribution >= 4 is 0 Å². The number of H-pyrrole nitrogens is 1. The highest BCUT2D eigenvalue weighted by Crippen LogP contribution is 2.30. The average molecular weight is 261 g/mol. The van der Waals surface area contributed by atoms with E-state index in [2.05, 4.69) is 9.97 Å². The first-order valence-electron chi connectivity index (χ1n) is 5.70. The van der Waals surface area contributed by atoms with Crippen LogP contribution in [0.1, 0.15) is 5.56 Å². The Balaban J connectivity index is 2.56. The summed E-state index contributed by atoms with van der Waals surface area (Å²) in [6.45, 7) is 0.151. The SMILES string of the molecule is COc1ccc(OC)c(-c2ncc(CN)c(=O)[nH]2)c1. The Labute approximate surface area is 110 Å². The quantitative estimate of drug-likeness (QED) is 0.853. The van der Waals surface area contributed by atoms with E-state index in [1.807, 2.05) is 0 Å². The van der Waals surface area contributed by atoms with Crippen LogP contribution in [0.3, 0.4) is 0 Å². The molecule has 0 amide bonds. The minimum absolute atomic E-state index is 0.151. The van der Waals surface area contributed by atoms with Gasteiger partial charge in [-0.2, -0.15) is 0 Å². The second-order valence-electron chi connectivity index (χ2n) is 3.86. The topological polar surface area (TPSA) is 90.2 Å². The molecule has 6 heteroatoms. The molecule has 0 atom stereocenters. The molecule has 1 heterocycles. The number of nitrogens with one attached hydrogen (secondary N) is 1. The zero-order valence-corrected chi connectivity index (χ0v) is 10.8. The average Bonchev–Trinajstić information content (AvgIpc) is 2.46. The first kappa shape index (κ1) is 13.1. The fraction of sp³-hybridized carbons (Fsp3) is 0.231. The van der Waals surface area contributed by atoms with Gasteiger partial charge in [-0.25, -0.2) is 4.98 Å². The van der Waals surface area contributed by atoms with E-state index in [1.165, 1.54) is 6.20 Å². The van der Waals surface area contributed by atoms with Crippen molar-refractivity contribution in [2.75, 3.05) is 14.2 Å². The van der Waals surface area contributed by atoms with Gasteiger partial charge in [0.25, 0.3) is 5.56 Å². The van der Waals surface area contributed by atoms with E-state index in [0.29, 0.717) is 28.5 Å². The van der Waals surface area contributed by atoms with Crippen LogP contribution < -0.4 is 20.8 Å². The van der Waals surface area contributed by atoms with Crippen LogP contribution in [-0.4, -0.2) is 24.2 Å². The summed E-state index contributed by atoms with van der Waals surface area (Å²) in [5, 5.41) is 0. The highest BCUT2D eigenvalue weighted by Gasteiger charge is 2.11. The Hall–Kier alpha value is -2.34. The second-order valence-corrected chi connectivity index (χ2v) is 3.86. The number of aromatic nitrogens is 2. The molecule has 0 saturated carbocycles. The van der Waals surface area contributed by atoms with E-state index >= 15 is 0 Å². The summed E-state index contributed by atoms with van der Waals surface area (Å²) in [4.78, 5) is 18.6. The Bertz CT molecular complexity index is 637. The lowest BCUT2D eigenvalue weighted by molar-refractivity contribution is 0.404. The van der Waals surface area contributed by atoms with Gasteiger partial charge < -0.3 is 20.2 Å². The van der Waals surface area contributed by atoms with Crippen molar-refractivity contribution in [2.24, 2.45) is 5.73 Å². The number of ether oxygens (including phenoxy) is 2. The Kier molecular flexibility index (Phi) is 3.82. The lowest BCUT2D eigenvalue weighted by Crippen LogP contribution is -2.17. The third-order valence-electron chi connectivity index (χ3n) is 2.75. The summed E-state index contributed by atoms with van der Waals surface area (Å²) in [5.74, 6) is 1.67. The largest absolute Gasteiger partial charge is 0.497 e. The zero-order chi connectivity index (χ0) is 13.8. The number of methoxy groups -OCH3 is 2. The molecule has 1 aromatic carbocycles. The van der Waals surface area contributed by atoms with Gasteiger partial charge in [-0.3, -0.25) is 4.79 Å². The second kappa shape index (κ2) is 5.53. The molecule has 0 spiro atoms. The van der Waals surface area contributed by atoms with Crippen molar-refractivity contribution in [2.45, 2.75) is 6.54 Å². The number of nitrogens with zero attached hydrogens (tertiary/aromatic N) is 1. The summed E-state index contributed by atoms with van der Waals surface area (Å²) in [7, 11) is 3.12. The van der Waals surface area contributed by atoms with Gasteiger partial charge >= 0.3 is 0 Å². The van der Waals surface area contributed by atoms with Crippen LogP contribution in [0.5, 0.6) is 11.5 Å². The number of nitrogens with two attached hydrogens (primary N) is 1.